The van der Waals surface area contributed by atoms with Crippen molar-refractivity contribution in [3.05, 3.63) is 35.4 Å². The van der Waals surface area contributed by atoms with E-state index in [1.54, 1.807) is 6.26 Å². The predicted molar refractivity (Wildman–Crippen MR) is 65.8 cm³/mol. The maximum atomic E-state index is 12.3. The lowest BCUT2D eigenvalue weighted by atomic mass is 10.3. The van der Waals surface area contributed by atoms with Crippen LogP contribution in [0.2, 0.25) is 0 Å². The van der Waals surface area contributed by atoms with Gasteiger partial charge in [0.25, 0.3) is 0 Å². The van der Waals surface area contributed by atoms with Crippen molar-refractivity contribution in [2.45, 2.75) is 11.3 Å². The van der Waals surface area contributed by atoms with Crippen LogP contribution in [0.15, 0.2) is 40.3 Å². The third-order valence-electron chi connectivity index (χ3n) is 2.47. The monoisotopic (exact) mass is 237 g/mol. The Hall–Kier alpha value is -1.29. The van der Waals surface area contributed by atoms with Gasteiger partial charge in [0.15, 0.2) is 0 Å². The van der Waals surface area contributed by atoms with Crippen LogP contribution in [0.5, 0.6) is 0 Å². The van der Waals surface area contributed by atoms with Crippen molar-refractivity contribution in [2.75, 3.05) is 25.6 Å². The topological polar surface area (TPSA) is 29.5 Å². The SMILES string of the molecule is CN(C)c1ccccc1[S@@](=O)C1=COCC1. The molecule has 0 aromatic heterocycles. The van der Waals surface area contributed by atoms with Crippen molar-refractivity contribution in [3.63, 3.8) is 0 Å². The molecule has 1 atom stereocenters. The smallest absolute Gasteiger partial charge is 0.0954 e. The van der Waals surface area contributed by atoms with Crippen LogP contribution >= 0.6 is 0 Å². The molecule has 0 radical (unpaired) electrons. The average Bonchev–Trinajstić information content (AvgIpc) is 2.81. The van der Waals surface area contributed by atoms with Crippen LogP contribution in [0, 0.1) is 0 Å². The van der Waals surface area contributed by atoms with E-state index < -0.39 is 10.8 Å². The number of ether oxygens (including phenoxy) is 1. The summed E-state index contributed by atoms with van der Waals surface area (Å²) >= 11 is 0. The molecule has 0 fully saturated rings. The predicted octanol–water partition coefficient (Wildman–Crippen LogP) is 2.12. The van der Waals surface area contributed by atoms with E-state index in [4.69, 9.17) is 4.74 Å². The maximum Gasteiger partial charge on any atom is 0.0954 e. The fraction of sp³-hybridized carbons (Fsp3) is 0.333. The molecule has 0 saturated heterocycles. The highest BCUT2D eigenvalue weighted by Gasteiger charge is 2.18. The molecule has 1 aromatic rings. The molecule has 0 N–H and O–H groups in total. The zero-order valence-corrected chi connectivity index (χ0v) is 10.3. The second-order valence-electron chi connectivity index (χ2n) is 3.84. The first-order valence-electron chi connectivity index (χ1n) is 5.19. The molecular weight excluding hydrogens is 222 g/mol. The average molecular weight is 237 g/mol. The van der Waals surface area contributed by atoms with Gasteiger partial charge in [-0.05, 0) is 12.1 Å². The van der Waals surface area contributed by atoms with Crippen molar-refractivity contribution in [2.24, 2.45) is 0 Å². The molecule has 1 aromatic carbocycles. The minimum Gasteiger partial charge on any atom is -0.500 e. The van der Waals surface area contributed by atoms with Crippen molar-refractivity contribution in [1.29, 1.82) is 0 Å². The Bertz CT molecular complexity index is 440. The molecule has 2 rings (SSSR count). The highest BCUT2D eigenvalue weighted by atomic mass is 32.2. The lowest BCUT2D eigenvalue weighted by molar-refractivity contribution is 0.281. The van der Waals surface area contributed by atoms with Gasteiger partial charge >= 0.3 is 0 Å². The van der Waals surface area contributed by atoms with Gasteiger partial charge in [-0.15, -0.1) is 0 Å². The van der Waals surface area contributed by atoms with Gasteiger partial charge in [-0.25, -0.2) is 4.21 Å². The van der Waals surface area contributed by atoms with Crippen LogP contribution in [0.25, 0.3) is 0 Å². The summed E-state index contributed by atoms with van der Waals surface area (Å²) in [5.41, 5.74) is 0.994. The summed E-state index contributed by atoms with van der Waals surface area (Å²) in [4.78, 5) is 3.70. The minimum atomic E-state index is -1.10. The summed E-state index contributed by atoms with van der Waals surface area (Å²) in [6.45, 7) is 0.644. The number of anilines is 1. The van der Waals surface area contributed by atoms with E-state index in [-0.39, 0.29) is 0 Å². The Balaban J connectivity index is 2.36. The molecule has 4 heteroatoms. The van der Waals surface area contributed by atoms with Gasteiger partial charge in [-0.3, -0.25) is 0 Å². The standard InChI is InChI=1S/C12H15NO2S/c1-13(2)11-5-3-4-6-12(11)16(14)10-7-8-15-9-10/h3-6,9H,7-8H2,1-2H3/t16-/m0/s1. The summed E-state index contributed by atoms with van der Waals surface area (Å²) in [6, 6.07) is 7.75. The molecule has 0 spiro atoms. The van der Waals surface area contributed by atoms with Crippen molar-refractivity contribution in [1.82, 2.24) is 0 Å². The Kier molecular flexibility index (Phi) is 3.29. The Morgan fingerprint density at radius 2 is 2.06 bits per heavy atom. The van der Waals surface area contributed by atoms with Crippen molar-refractivity contribution in [3.8, 4) is 0 Å². The Morgan fingerprint density at radius 3 is 2.69 bits per heavy atom. The van der Waals surface area contributed by atoms with E-state index in [0.29, 0.717) is 6.61 Å². The third-order valence-corrected chi connectivity index (χ3v) is 3.99. The van der Waals surface area contributed by atoms with Crippen molar-refractivity contribution < 1.29 is 8.95 Å². The normalized spacial score (nSPS) is 16.5. The maximum absolute atomic E-state index is 12.3. The van der Waals surface area contributed by atoms with Crippen LogP contribution in [-0.2, 0) is 15.5 Å². The van der Waals surface area contributed by atoms with Crippen LogP contribution in [0.3, 0.4) is 0 Å². The molecule has 1 heterocycles. The molecule has 0 amide bonds. The fourth-order valence-electron chi connectivity index (χ4n) is 1.63. The summed E-state index contributed by atoms with van der Waals surface area (Å²) in [7, 11) is 2.81. The molecule has 0 aliphatic carbocycles. The van der Waals surface area contributed by atoms with Crippen LogP contribution < -0.4 is 4.90 Å². The third kappa shape index (κ3) is 2.11. The molecule has 86 valence electrons. The molecular formula is C12H15NO2S. The number of rotatable bonds is 3. The van der Waals surface area contributed by atoms with Crippen LogP contribution in [0.4, 0.5) is 5.69 Å². The van der Waals surface area contributed by atoms with E-state index in [1.807, 2.05) is 43.3 Å². The van der Waals surface area contributed by atoms with Crippen LogP contribution in [-0.4, -0.2) is 24.9 Å². The van der Waals surface area contributed by atoms with Gasteiger partial charge in [0, 0.05) is 20.5 Å². The first-order valence-corrected chi connectivity index (χ1v) is 6.34. The summed E-state index contributed by atoms with van der Waals surface area (Å²) in [5.74, 6) is 0. The first-order chi connectivity index (χ1) is 7.70. The van der Waals surface area contributed by atoms with Gasteiger partial charge < -0.3 is 9.64 Å². The van der Waals surface area contributed by atoms with Gasteiger partial charge in [-0.1, -0.05) is 12.1 Å². The lowest BCUT2D eigenvalue weighted by Crippen LogP contribution is -2.12. The second kappa shape index (κ2) is 4.70. The number of hydrogen-bond acceptors (Lipinski definition) is 3. The number of nitrogens with zero attached hydrogens (tertiary/aromatic N) is 1. The molecule has 0 unspecified atom stereocenters. The Labute approximate surface area is 98.2 Å². The molecule has 0 bridgehead atoms. The van der Waals surface area contributed by atoms with E-state index in [9.17, 15) is 4.21 Å². The number of para-hydroxylation sites is 1. The van der Waals surface area contributed by atoms with E-state index in [2.05, 4.69) is 0 Å². The first kappa shape index (κ1) is 11.2. The molecule has 16 heavy (non-hydrogen) atoms. The summed E-state index contributed by atoms with van der Waals surface area (Å²) in [5, 5.41) is 0. The number of hydrogen-bond donors (Lipinski definition) is 0. The molecule has 1 aliphatic rings. The van der Waals surface area contributed by atoms with Crippen molar-refractivity contribution >= 4 is 16.5 Å². The van der Waals surface area contributed by atoms with E-state index >= 15 is 0 Å². The van der Waals surface area contributed by atoms with Gasteiger partial charge in [0.1, 0.15) is 0 Å². The lowest BCUT2D eigenvalue weighted by Gasteiger charge is -2.16. The summed E-state index contributed by atoms with van der Waals surface area (Å²) in [6.07, 6.45) is 2.39. The van der Waals surface area contributed by atoms with Gasteiger partial charge in [0.05, 0.1) is 39.2 Å². The highest BCUT2D eigenvalue weighted by Crippen LogP contribution is 2.28. The minimum absolute atomic E-state index is 0.644. The van der Waals surface area contributed by atoms with E-state index in [1.165, 1.54) is 0 Å². The highest BCUT2D eigenvalue weighted by molar-refractivity contribution is 7.89. The van der Waals surface area contributed by atoms with Gasteiger partial charge in [0.2, 0.25) is 0 Å². The number of benzene rings is 1. The zero-order chi connectivity index (χ0) is 11.5. The molecule has 3 nitrogen and oxygen atoms in total. The van der Waals surface area contributed by atoms with Crippen LogP contribution in [0.1, 0.15) is 6.42 Å². The van der Waals surface area contributed by atoms with E-state index in [0.717, 1.165) is 21.9 Å². The largest absolute Gasteiger partial charge is 0.500 e. The zero-order valence-electron chi connectivity index (χ0n) is 9.47. The molecule has 0 saturated carbocycles. The quantitative estimate of drug-likeness (QED) is 0.806. The second-order valence-corrected chi connectivity index (χ2v) is 5.34. The Morgan fingerprint density at radius 1 is 1.31 bits per heavy atom. The fourth-order valence-corrected chi connectivity index (χ4v) is 2.98. The summed E-state index contributed by atoms with van der Waals surface area (Å²) < 4.78 is 17.4. The molecule has 1 aliphatic heterocycles. The van der Waals surface area contributed by atoms with Gasteiger partial charge in [-0.2, -0.15) is 0 Å².